The van der Waals surface area contributed by atoms with Crippen LogP contribution in [0.25, 0.3) is 16.6 Å². The number of rotatable bonds is 3. The fourth-order valence-corrected chi connectivity index (χ4v) is 5.63. The molecular formula is C26H31N7O. The van der Waals surface area contributed by atoms with Crippen molar-refractivity contribution in [1.29, 1.82) is 0 Å². The van der Waals surface area contributed by atoms with Gasteiger partial charge in [-0.25, -0.2) is 9.50 Å². The number of carbonyl (C=O) groups excluding carboxylic acids is 1. The molecule has 0 bridgehead atoms. The second kappa shape index (κ2) is 8.11. The van der Waals surface area contributed by atoms with Crippen molar-refractivity contribution in [2.24, 2.45) is 13.0 Å². The first kappa shape index (κ1) is 21.1. The summed E-state index contributed by atoms with van der Waals surface area (Å²) in [6.45, 7) is 7.24. The number of piperidine rings is 1. The van der Waals surface area contributed by atoms with E-state index < -0.39 is 0 Å². The molecule has 1 amide bonds. The number of aromatic nitrogens is 5. The molecule has 0 saturated carbocycles. The highest BCUT2D eigenvalue weighted by Crippen LogP contribution is 2.34. The first-order valence-electron chi connectivity index (χ1n) is 12.3. The maximum absolute atomic E-state index is 13.8. The first-order chi connectivity index (χ1) is 16.5. The number of nitrogens with zero attached hydrogens (tertiary/aromatic N) is 7. The predicted molar refractivity (Wildman–Crippen MR) is 132 cm³/mol. The minimum absolute atomic E-state index is 0.0505. The van der Waals surface area contributed by atoms with Crippen molar-refractivity contribution in [3.8, 4) is 0 Å². The second-order valence-corrected chi connectivity index (χ2v) is 9.98. The zero-order valence-corrected chi connectivity index (χ0v) is 20.1. The van der Waals surface area contributed by atoms with E-state index in [0.29, 0.717) is 11.5 Å². The van der Waals surface area contributed by atoms with Crippen LogP contribution in [0.1, 0.15) is 60.3 Å². The largest absolute Gasteiger partial charge is 0.356 e. The summed E-state index contributed by atoms with van der Waals surface area (Å²) >= 11 is 0. The van der Waals surface area contributed by atoms with Crippen molar-refractivity contribution in [1.82, 2.24) is 29.3 Å². The van der Waals surface area contributed by atoms with Gasteiger partial charge in [0.15, 0.2) is 5.65 Å². The quantitative estimate of drug-likeness (QED) is 0.462. The Kier molecular flexibility index (Phi) is 5.04. The van der Waals surface area contributed by atoms with Gasteiger partial charge in [-0.3, -0.25) is 9.48 Å². The van der Waals surface area contributed by atoms with Crippen LogP contribution in [-0.2, 0) is 7.05 Å². The van der Waals surface area contributed by atoms with Crippen LogP contribution in [0, 0.1) is 12.8 Å². The van der Waals surface area contributed by atoms with Gasteiger partial charge in [-0.1, -0.05) is 13.0 Å². The van der Waals surface area contributed by atoms with Gasteiger partial charge in [-0.15, -0.1) is 0 Å². The Balaban J connectivity index is 1.35. The molecule has 0 unspecified atom stereocenters. The molecule has 2 aliphatic rings. The van der Waals surface area contributed by atoms with Crippen LogP contribution in [0.5, 0.6) is 0 Å². The topological polar surface area (TPSA) is 71.6 Å². The van der Waals surface area contributed by atoms with Crippen molar-refractivity contribution in [3.63, 3.8) is 0 Å². The number of benzene rings is 1. The molecule has 8 nitrogen and oxygen atoms in total. The molecule has 3 aromatic heterocycles. The summed E-state index contributed by atoms with van der Waals surface area (Å²) < 4.78 is 3.70. The molecule has 34 heavy (non-hydrogen) atoms. The van der Waals surface area contributed by atoms with Crippen molar-refractivity contribution >= 4 is 28.3 Å². The van der Waals surface area contributed by atoms with Gasteiger partial charge in [-0.2, -0.15) is 10.2 Å². The highest BCUT2D eigenvalue weighted by atomic mass is 16.2. The smallest absolute Gasteiger partial charge is 0.255 e. The van der Waals surface area contributed by atoms with Gasteiger partial charge in [0, 0.05) is 49.9 Å². The molecule has 176 valence electrons. The van der Waals surface area contributed by atoms with Gasteiger partial charge in [0.05, 0.1) is 29.0 Å². The molecule has 2 fully saturated rings. The van der Waals surface area contributed by atoms with Crippen LogP contribution >= 0.6 is 0 Å². The molecule has 2 atom stereocenters. The summed E-state index contributed by atoms with van der Waals surface area (Å²) in [6, 6.07) is 7.88. The number of likely N-dealkylation sites (tertiary alicyclic amines) is 1. The number of amides is 1. The van der Waals surface area contributed by atoms with E-state index >= 15 is 0 Å². The second-order valence-electron chi connectivity index (χ2n) is 9.98. The summed E-state index contributed by atoms with van der Waals surface area (Å²) in [5.74, 6) is 1.81. The van der Waals surface area contributed by atoms with Gasteiger partial charge in [0.1, 0.15) is 5.82 Å². The summed E-state index contributed by atoms with van der Waals surface area (Å²) in [4.78, 5) is 23.1. The maximum atomic E-state index is 13.8. The Morgan fingerprint density at radius 2 is 2.03 bits per heavy atom. The molecular weight excluding hydrogens is 426 g/mol. The Hall–Kier alpha value is -3.42. The molecule has 0 spiro atoms. The zero-order valence-electron chi connectivity index (χ0n) is 20.1. The number of aryl methyl sites for hydroxylation is 2. The number of hydrogen-bond donors (Lipinski definition) is 0. The monoisotopic (exact) mass is 457 g/mol. The van der Waals surface area contributed by atoms with E-state index in [1.54, 1.807) is 6.20 Å². The number of fused-ring (bicyclic) bond motifs is 2. The minimum Gasteiger partial charge on any atom is -0.356 e. The van der Waals surface area contributed by atoms with Gasteiger partial charge in [0.25, 0.3) is 5.91 Å². The third kappa shape index (κ3) is 3.43. The van der Waals surface area contributed by atoms with Crippen LogP contribution < -0.4 is 4.90 Å². The molecule has 0 N–H and O–H groups in total. The van der Waals surface area contributed by atoms with Crippen molar-refractivity contribution in [3.05, 3.63) is 53.5 Å². The van der Waals surface area contributed by atoms with Crippen LogP contribution in [0.4, 0.5) is 5.82 Å². The maximum Gasteiger partial charge on any atom is 0.255 e. The third-order valence-corrected chi connectivity index (χ3v) is 7.47. The molecule has 5 heterocycles. The summed E-state index contributed by atoms with van der Waals surface area (Å²) in [7, 11) is 1.91. The Morgan fingerprint density at radius 1 is 1.15 bits per heavy atom. The van der Waals surface area contributed by atoms with Gasteiger partial charge < -0.3 is 9.80 Å². The number of hydrogen-bond acceptors (Lipinski definition) is 5. The normalized spacial score (nSPS) is 21.1. The van der Waals surface area contributed by atoms with Crippen molar-refractivity contribution < 1.29 is 4.79 Å². The van der Waals surface area contributed by atoms with E-state index in [1.165, 1.54) is 6.42 Å². The Bertz CT molecular complexity index is 1390. The average Bonchev–Trinajstić information content (AvgIpc) is 3.56. The van der Waals surface area contributed by atoms with E-state index in [0.717, 1.165) is 72.5 Å². The lowest BCUT2D eigenvalue weighted by Crippen LogP contribution is -2.38. The van der Waals surface area contributed by atoms with Crippen LogP contribution in [0.15, 0.2) is 36.7 Å². The number of carbonyl (C=O) groups is 1. The fourth-order valence-electron chi connectivity index (χ4n) is 5.63. The van der Waals surface area contributed by atoms with Crippen molar-refractivity contribution in [2.75, 3.05) is 24.5 Å². The zero-order chi connectivity index (χ0) is 23.4. The van der Waals surface area contributed by atoms with Gasteiger partial charge in [0.2, 0.25) is 0 Å². The lowest BCUT2D eigenvalue weighted by atomic mass is 9.97. The first-order valence-corrected chi connectivity index (χ1v) is 12.3. The summed E-state index contributed by atoms with van der Waals surface area (Å²) in [5, 5.41) is 10.2. The molecule has 0 aliphatic carbocycles. The van der Waals surface area contributed by atoms with E-state index in [4.69, 9.17) is 10.1 Å². The number of anilines is 1. The fraction of sp³-hybridized carbons (Fsp3) is 0.462. The van der Waals surface area contributed by atoms with Crippen LogP contribution in [0.3, 0.4) is 0 Å². The highest BCUT2D eigenvalue weighted by molar-refractivity contribution is 6.06. The lowest BCUT2D eigenvalue weighted by molar-refractivity contribution is 0.0608. The predicted octanol–water partition coefficient (Wildman–Crippen LogP) is 4.14. The molecule has 2 saturated heterocycles. The van der Waals surface area contributed by atoms with E-state index in [1.807, 2.05) is 39.3 Å². The average molecular weight is 458 g/mol. The molecule has 4 aromatic rings. The molecule has 8 heteroatoms. The molecule has 0 radical (unpaired) electrons. The van der Waals surface area contributed by atoms with Crippen LogP contribution in [0.2, 0.25) is 0 Å². The molecule has 1 aromatic carbocycles. The van der Waals surface area contributed by atoms with Crippen LogP contribution in [-0.4, -0.2) is 54.8 Å². The summed E-state index contributed by atoms with van der Waals surface area (Å²) in [5.41, 5.74) is 4.58. The summed E-state index contributed by atoms with van der Waals surface area (Å²) in [6.07, 6.45) is 8.08. The Morgan fingerprint density at radius 3 is 2.85 bits per heavy atom. The van der Waals surface area contributed by atoms with E-state index in [-0.39, 0.29) is 11.9 Å². The van der Waals surface area contributed by atoms with E-state index in [2.05, 4.69) is 36.1 Å². The minimum atomic E-state index is -0.0505. The standard InChI is InChI=1S/C26H31N7O/c1-17-10-12-31(15-17)25-18(2)16-33-24(28-25)13-21(29-33)23-8-4-5-11-32(23)26(34)19-7-6-9-22-20(19)14-27-30(22)3/h6-7,9,13-14,16-17,23H,4-5,8,10-12,15H2,1-3H3/t17-,23-/m0/s1. The molecule has 2 aliphatic heterocycles. The SMILES string of the molecule is Cc1cn2nc([C@@H]3CCCCN3C(=O)c3cccc4c3cnn4C)cc2nc1N1CC[C@H](C)C1. The van der Waals surface area contributed by atoms with Gasteiger partial charge >= 0.3 is 0 Å². The highest BCUT2D eigenvalue weighted by Gasteiger charge is 2.32. The van der Waals surface area contributed by atoms with E-state index in [9.17, 15) is 4.79 Å². The lowest BCUT2D eigenvalue weighted by Gasteiger charge is -2.35. The third-order valence-electron chi connectivity index (χ3n) is 7.47. The van der Waals surface area contributed by atoms with Crippen molar-refractivity contribution in [2.45, 2.75) is 45.6 Å². The van der Waals surface area contributed by atoms with Gasteiger partial charge in [-0.05, 0) is 50.7 Å². The Labute approximate surface area is 199 Å². The molecule has 6 rings (SSSR count).